The highest BCUT2D eigenvalue weighted by Crippen LogP contribution is 2.25. The van der Waals surface area contributed by atoms with E-state index in [9.17, 15) is 9.59 Å². The summed E-state index contributed by atoms with van der Waals surface area (Å²) >= 11 is 12.1. The minimum Gasteiger partial charge on any atom is -0.316 e. The third kappa shape index (κ3) is 3.60. The molecule has 0 spiro atoms. The van der Waals surface area contributed by atoms with Crippen LogP contribution in [0.2, 0.25) is 10.0 Å². The molecule has 1 aromatic heterocycles. The molecule has 0 aliphatic heterocycles. The lowest BCUT2D eigenvalue weighted by atomic mass is 10.2. The maximum absolute atomic E-state index is 12.6. The van der Waals surface area contributed by atoms with E-state index in [0.29, 0.717) is 15.6 Å². The van der Waals surface area contributed by atoms with Crippen molar-refractivity contribution in [1.29, 1.82) is 0 Å². The Hall–Kier alpha value is -2.56. The number of benzene rings is 2. The second-order valence-electron chi connectivity index (χ2n) is 5.46. The number of nitrogens with one attached hydrogen (secondary N) is 1. The summed E-state index contributed by atoms with van der Waals surface area (Å²) < 4.78 is 1.32. The SMILES string of the molecule is Cn1c(=O)/c(=C/c2cccc(Cl)c2Cl)[nH]c(=O)/c1=C/c1ccccc1. The summed E-state index contributed by atoms with van der Waals surface area (Å²) in [4.78, 5) is 27.7. The molecule has 2 aromatic carbocycles. The van der Waals surface area contributed by atoms with Gasteiger partial charge in [-0.3, -0.25) is 9.59 Å². The Morgan fingerprint density at radius 1 is 0.960 bits per heavy atom. The number of H-pyrrole nitrogens is 1. The van der Waals surface area contributed by atoms with Crippen LogP contribution in [0.15, 0.2) is 58.1 Å². The number of rotatable bonds is 2. The molecule has 126 valence electrons. The van der Waals surface area contributed by atoms with Gasteiger partial charge < -0.3 is 9.55 Å². The lowest BCUT2D eigenvalue weighted by Gasteiger charge is -2.02. The van der Waals surface area contributed by atoms with E-state index in [4.69, 9.17) is 23.2 Å². The summed E-state index contributed by atoms with van der Waals surface area (Å²) in [6.45, 7) is 0. The van der Waals surface area contributed by atoms with Crippen LogP contribution in [0.3, 0.4) is 0 Å². The molecule has 0 saturated carbocycles. The van der Waals surface area contributed by atoms with Crippen LogP contribution in [-0.2, 0) is 7.05 Å². The van der Waals surface area contributed by atoms with Crippen molar-refractivity contribution in [2.75, 3.05) is 0 Å². The summed E-state index contributed by atoms with van der Waals surface area (Å²) in [5.41, 5.74) is 0.687. The van der Waals surface area contributed by atoms with Gasteiger partial charge in [0.25, 0.3) is 11.1 Å². The highest BCUT2D eigenvalue weighted by atomic mass is 35.5. The van der Waals surface area contributed by atoms with Crippen LogP contribution in [-0.4, -0.2) is 9.55 Å². The fourth-order valence-electron chi connectivity index (χ4n) is 2.44. The molecule has 6 heteroatoms. The number of hydrogen-bond acceptors (Lipinski definition) is 2. The maximum Gasteiger partial charge on any atom is 0.274 e. The highest BCUT2D eigenvalue weighted by Gasteiger charge is 2.05. The third-order valence-corrected chi connectivity index (χ3v) is 4.60. The Balaban J connectivity index is 2.25. The first kappa shape index (κ1) is 17.3. The van der Waals surface area contributed by atoms with Crippen molar-refractivity contribution in [3.63, 3.8) is 0 Å². The molecule has 0 radical (unpaired) electrons. The zero-order valence-corrected chi connectivity index (χ0v) is 14.8. The molecule has 1 heterocycles. The number of nitrogens with zero attached hydrogens (tertiary/aromatic N) is 1. The van der Waals surface area contributed by atoms with Gasteiger partial charge in [-0.1, -0.05) is 65.7 Å². The normalized spacial score (nSPS) is 12.6. The zero-order valence-electron chi connectivity index (χ0n) is 13.3. The van der Waals surface area contributed by atoms with E-state index in [2.05, 4.69) is 4.98 Å². The minimum absolute atomic E-state index is 0.141. The lowest BCUT2D eigenvalue weighted by molar-refractivity contribution is 0.776. The second-order valence-corrected chi connectivity index (χ2v) is 6.24. The first-order chi connectivity index (χ1) is 12.0. The first-order valence-electron chi connectivity index (χ1n) is 7.49. The predicted octanol–water partition coefficient (Wildman–Crippen LogP) is 2.04. The van der Waals surface area contributed by atoms with Crippen LogP contribution in [0, 0.1) is 0 Å². The van der Waals surface area contributed by atoms with Crippen molar-refractivity contribution in [3.8, 4) is 0 Å². The van der Waals surface area contributed by atoms with Gasteiger partial charge in [-0.05, 0) is 29.3 Å². The molecule has 4 nitrogen and oxygen atoms in total. The van der Waals surface area contributed by atoms with Crippen LogP contribution in [0.1, 0.15) is 11.1 Å². The van der Waals surface area contributed by atoms with Gasteiger partial charge >= 0.3 is 0 Å². The quantitative estimate of drug-likeness (QED) is 0.748. The van der Waals surface area contributed by atoms with Gasteiger partial charge in [0.05, 0.1) is 10.0 Å². The summed E-state index contributed by atoms with van der Waals surface area (Å²) in [6.07, 6.45) is 3.18. The monoisotopic (exact) mass is 372 g/mol. The average Bonchev–Trinajstić information content (AvgIpc) is 2.61. The van der Waals surface area contributed by atoms with Gasteiger partial charge in [-0.15, -0.1) is 0 Å². The van der Waals surface area contributed by atoms with Crippen LogP contribution in [0.4, 0.5) is 0 Å². The van der Waals surface area contributed by atoms with E-state index in [0.717, 1.165) is 5.56 Å². The Bertz CT molecular complexity index is 1160. The van der Waals surface area contributed by atoms with Crippen LogP contribution >= 0.6 is 23.2 Å². The number of halogens is 2. The Labute approximate surface area is 153 Å². The zero-order chi connectivity index (χ0) is 18.0. The van der Waals surface area contributed by atoms with Crippen LogP contribution < -0.4 is 21.8 Å². The Morgan fingerprint density at radius 2 is 1.68 bits per heavy atom. The van der Waals surface area contributed by atoms with E-state index in [-0.39, 0.29) is 21.8 Å². The van der Waals surface area contributed by atoms with E-state index < -0.39 is 0 Å². The topological polar surface area (TPSA) is 54.9 Å². The molecular formula is C19H14Cl2N2O2. The molecule has 0 fully saturated rings. The summed E-state index contributed by atoms with van der Waals surface area (Å²) in [5.74, 6) is 0. The van der Waals surface area contributed by atoms with Crippen LogP contribution in [0.25, 0.3) is 12.2 Å². The molecule has 0 saturated heterocycles. The molecular weight excluding hydrogens is 359 g/mol. The molecule has 25 heavy (non-hydrogen) atoms. The third-order valence-electron chi connectivity index (χ3n) is 3.76. The molecule has 3 rings (SSSR count). The molecule has 0 unspecified atom stereocenters. The molecule has 0 bridgehead atoms. The fraction of sp³-hybridized carbons (Fsp3) is 0.0526. The first-order valence-corrected chi connectivity index (χ1v) is 8.25. The molecule has 0 aliphatic rings. The average molecular weight is 373 g/mol. The Kier molecular flexibility index (Phi) is 4.93. The standard InChI is InChI=1S/C19H14Cl2N2O2/c1-23-16(10-12-6-3-2-4-7-12)18(24)22-15(19(23)25)11-13-8-5-9-14(20)17(13)21/h2-11H,1H3,(H,22,24)/b15-11-,16-10-. The van der Waals surface area contributed by atoms with Crippen molar-refractivity contribution < 1.29 is 0 Å². The summed E-state index contributed by atoms with van der Waals surface area (Å²) in [7, 11) is 1.56. The van der Waals surface area contributed by atoms with E-state index >= 15 is 0 Å². The van der Waals surface area contributed by atoms with Crippen molar-refractivity contribution in [1.82, 2.24) is 9.55 Å². The highest BCUT2D eigenvalue weighted by molar-refractivity contribution is 6.42. The summed E-state index contributed by atoms with van der Waals surface area (Å²) in [5, 5.41) is 1.11. The van der Waals surface area contributed by atoms with Gasteiger partial charge in [0, 0.05) is 7.05 Å². The van der Waals surface area contributed by atoms with E-state index in [1.807, 2.05) is 30.3 Å². The number of aromatic amines is 1. The smallest absolute Gasteiger partial charge is 0.274 e. The largest absolute Gasteiger partial charge is 0.316 e. The maximum atomic E-state index is 12.6. The Morgan fingerprint density at radius 3 is 2.40 bits per heavy atom. The predicted molar refractivity (Wildman–Crippen MR) is 102 cm³/mol. The lowest BCUT2D eigenvalue weighted by Crippen LogP contribution is -2.52. The number of aromatic nitrogens is 2. The van der Waals surface area contributed by atoms with Gasteiger partial charge in [-0.2, -0.15) is 0 Å². The van der Waals surface area contributed by atoms with E-state index in [1.165, 1.54) is 10.6 Å². The van der Waals surface area contributed by atoms with Gasteiger partial charge in [-0.25, -0.2) is 0 Å². The van der Waals surface area contributed by atoms with Crippen LogP contribution in [0.5, 0.6) is 0 Å². The molecule has 0 atom stereocenters. The minimum atomic E-state index is -0.365. The molecule has 1 N–H and O–H groups in total. The fourth-order valence-corrected chi connectivity index (χ4v) is 2.80. The second kappa shape index (κ2) is 7.13. The van der Waals surface area contributed by atoms with Crippen molar-refractivity contribution in [2.24, 2.45) is 7.05 Å². The van der Waals surface area contributed by atoms with Gasteiger partial charge in [0.2, 0.25) is 0 Å². The van der Waals surface area contributed by atoms with Gasteiger partial charge in [0.1, 0.15) is 10.7 Å². The van der Waals surface area contributed by atoms with E-state index in [1.54, 1.807) is 31.3 Å². The molecule has 0 amide bonds. The van der Waals surface area contributed by atoms with Crippen molar-refractivity contribution in [3.05, 3.63) is 101 Å². The summed E-state index contributed by atoms with van der Waals surface area (Å²) in [6, 6.07) is 14.4. The van der Waals surface area contributed by atoms with Gasteiger partial charge in [0.15, 0.2) is 0 Å². The van der Waals surface area contributed by atoms with Crippen molar-refractivity contribution >= 4 is 35.4 Å². The molecule has 3 aromatic rings. The van der Waals surface area contributed by atoms with Crippen molar-refractivity contribution in [2.45, 2.75) is 0 Å². The number of hydrogen-bond donors (Lipinski definition) is 1. The molecule has 0 aliphatic carbocycles.